The minimum atomic E-state index is -0.729. The number of rotatable bonds is 2. The molecule has 5 nitrogen and oxygen atoms in total. The molecule has 2 heterocycles. The van der Waals surface area contributed by atoms with E-state index < -0.39 is 6.23 Å². The van der Waals surface area contributed by atoms with Crippen LogP contribution in [-0.4, -0.2) is 36.0 Å². The fourth-order valence-electron chi connectivity index (χ4n) is 3.38. The van der Waals surface area contributed by atoms with Crippen LogP contribution in [0, 0.1) is 11.3 Å². The van der Waals surface area contributed by atoms with Crippen LogP contribution in [0.3, 0.4) is 0 Å². The molecular weight excluding hydrogens is 348 g/mol. The van der Waals surface area contributed by atoms with Crippen LogP contribution in [0.4, 0.5) is 11.5 Å². The maximum absolute atomic E-state index is 10.8. The molecule has 1 fully saturated rings. The quantitative estimate of drug-likeness (QED) is 0.755. The number of nitrogens with zero attached hydrogens (tertiary/aromatic N) is 4. The zero-order valence-corrected chi connectivity index (χ0v) is 14.8. The topological polar surface area (TPSA) is 63.4 Å². The lowest BCUT2D eigenvalue weighted by atomic mass is 10.1. The van der Waals surface area contributed by atoms with Gasteiger partial charge in [0.2, 0.25) is 0 Å². The standard InChI is InChI=1S/C20H17ClN4O/c21-15-5-3-6-17(11-15)24-8-9-25(19(26)13-24)20-18-7-2-1-4-14(18)10-16(12-22)23-20/h1-7,10-11,19,26H,8-9,13H2. The van der Waals surface area contributed by atoms with Crippen LogP contribution in [0.2, 0.25) is 5.02 Å². The van der Waals surface area contributed by atoms with E-state index in [9.17, 15) is 10.4 Å². The van der Waals surface area contributed by atoms with Gasteiger partial charge in [-0.2, -0.15) is 5.26 Å². The van der Waals surface area contributed by atoms with Gasteiger partial charge in [0.15, 0.2) is 0 Å². The molecule has 1 aliphatic heterocycles. The number of hydrogen-bond acceptors (Lipinski definition) is 5. The molecule has 0 radical (unpaired) electrons. The highest BCUT2D eigenvalue weighted by molar-refractivity contribution is 6.30. The Labute approximate surface area is 156 Å². The largest absolute Gasteiger partial charge is 0.372 e. The molecular formula is C20H17ClN4O. The Morgan fingerprint density at radius 1 is 1.12 bits per heavy atom. The SMILES string of the molecule is N#Cc1cc2ccccc2c(N2CCN(c3cccc(Cl)c3)CC2O)n1. The first-order valence-electron chi connectivity index (χ1n) is 8.41. The van der Waals surface area contributed by atoms with Crippen molar-refractivity contribution in [1.29, 1.82) is 5.26 Å². The maximum Gasteiger partial charge on any atom is 0.145 e. The zero-order valence-electron chi connectivity index (χ0n) is 14.0. The number of aliphatic hydroxyl groups excluding tert-OH is 1. The van der Waals surface area contributed by atoms with Gasteiger partial charge < -0.3 is 14.9 Å². The number of pyridine rings is 1. The molecule has 0 spiro atoms. The van der Waals surface area contributed by atoms with E-state index in [1.165, 1.54) is 0 Å². The highest BCUT2D eigenvalue weighted by Gasteiger charge is 2.28. The number of hydrogen-bond donors (Lipinski definition) is 1. The van der Waals surface area contributed by atoms with Crippen LogP contribution in [0.5, 0.6) is 0 Å². The third-order valence-corrected chi connectivity index (χ3v) is 4.87. The lowest BCUT2D eigenvalue weighted by Crippen LogP contribution is -2.53. The Balaban J connectivity index is 1.66. The van der Waals surface area contributed by atoms with E-state index in [1.54, 1.807) is 6.07 Å². The minimum Gasteiger partial charge on any atom is -0.372 e. The first kappa shape index (κ1) is 16.6. The number of nitriles is 1. The fraction of sp³-hybridized carbons (Fsp3) is 0.200. The summed E-state index contributed by atoms with van der Waals surface area (Å²) in [7, 11) is 0. The van der Waals surface area contributed by atoms with Crippen molar-refractivity contribution in [2.75, 3.05) is 29.4 Å². The molecule has 1 aliphatic rings. The molecule has 6 heteroatoms. The zero-order chi connectivity index (χ0) is 18.1. The van der Waals surface area contributed by atoms with Crippen molar-refractivity contribution in [2.24, 2.45) is 0 Å². The minimum absolute atomic E-state index is 0.350. The van der Waals surface area contributed by atoms with Gasteiger partial charge in [-0.15, -0.1) is 0 Å². The van der Waals surface area contributed by atoms with Gasteiger partial charge in [-0.25, -0.2) is 4.98 Å². The number of β-amino-alcohol motifs (C(OH)–C–C–N with tert-alkyl or cyclic N) is 1. The lowest BCUT2D eigenvalue weighted by Gasteiger charge is -2.40. The van der Waals surface area contributed by atoms with Gasteiger partial charge >= 0.3 is 0 Å². The Hall–Kier alpha value is -2.81. The summed E-state index contributed by atoms with van der Waals surface area (Å²) in [5.41, 5.74) is 1.34. The number of piperazine rings is 1. The summed E-state index contributed by atoms with van der Waals surface area (Å²) in [4.78, 5) is 8.44. The summed E-state index contributed by atoms with van der Waals surface area (Å²) in [6.45, 7) is 1.76. The van der Waals surface area contributed by atoms with Crippen LogP contribution < -0.4 is 9.80 Å². The molecule has 1 N–H and O–H groups in total. The highest BCUT2D eigenvalue weighted by atomic mass is 35.5. The van der Waals surface area contributed by atoms with E-state index in [4.69, 9.17) is 11.6 Å². The smallest absolute Gasteiger partial charge is 0.145 e. The lowest BCUT2D eigenvalue weighted by molar-refractivity contribution is 0.162. The van der Waals surface area contributed by atoms with Gasteiger partial charge in [-0.05, 0) is 29.7 Å². The Kier molecular flexibility index (Phi) is 4.37. The van der Waals surface area contributed by atoms with E-state index in [0.29, 0.717) is 29.6 Å². The first-order valence-corrected chi connectivity index (χ1v) is 8.78. The molecule has 1 aromatic heterocycles. The average molecular weight is 365 g/mol. The number of benzene rings is 2. The van der Waals surface area contributed by atoms with Crippen molar-refractivity contribution < 1.29 is 5.11 Å². The van der Waals surface area contributed by atoms with Crippen LogP contribution in [0.25, 0.3) is 10.8 Å². The van der Waals surface area contributed by atoms with Crippen LogP contribution >= 0.6 is 11.6 Å². The summed E-state index contributed by atoms with van der Waals surface area (Å²) in [6, 6.07) is 19.3. The molecule has 1 atom stereocenters. The molecule has 1 saturated heterocycles. The molecule has 3 aromatic rings. The van der Waals surface area contributed by atoms with Gasteiger partial charge in [0.1, 0.15) is 23.8 Å². The monoisotopic (exact) mass is 364 g/mol. The predicted molar refractivity (Wildman–Crippen MR) is 103 cm³/mol. The maximum atomic E-state index is 10.8. The molecule has 0 amide bonds. The van der Waals surface area contributed by atoms with Gasteiger partial charge in [0, 0.05) is 29.2 Å². The number of anilines is 2. The summed E-state index contributed by atoms with van der Waals surface area (Å²) >= 11 is 6.08. The van der Waals surface area contributed by atoms with Gasteiger partial charge in [0.05, 0.1) is 6.54 Å². The van der Waals surface area contributed by atoms with E-state index in [2.05, 4.69) is 16.0 Å². The van der Waals surface area contributed by atoms with Gasteiger partial charge in [0.25, 0.3) is 0 Å². The van der Waals surface area contributed by atoms with E-state index >= 15 is 0 Å². The van der Waals surface area contributed by atoms with E-state index in [0.717, 1.165) is 23.0 Å². The fourth-order valence-corrected chi connectivity index (χ4v) is 3.56. The van der Waals surface area contributed by atoms with Crippen LogP contribution in [0.15, 0.2) is 54.6 Å². The molecule has 4 rings (SSSR count). The molecule has 0 bridgehead atoms. The van der Waals surface area contributed by atoms with Gasteiger partial charge in [-0.1, -0.05) is 41.9 Å². The van der Waals surface area contributed by atoms with E-state index in [1.807, 2.05) is 53.4 Å². The molecule has 130 valence electrons. The van der Waals surface area contributed by atoms with Crippen molar-refractivity contribution in [3.8, 4) is 6.07 Å². The second kappa shape index (κ2) is 6.83. The Morgan fingerprint density at radius 3 is 2.73 bits per heavy atom. The normalized spacial score (nSPS) is 17.3. The second-order valence-electron chi connectivity index (χ2n) is 6.26. The van der Waals surface area contributed by atoms with Gasteiger partial charge in [-0.3, -0.25) is 0 Å². The molecule has 1 unspecified atom stereocenters. The van der Waals surface area contributed by atoms with Crippen molar-refractivity contribution >= 4 is 33.9 Å². The number of fused-ring (bicyclic) bond motifs is 1. The molecule has 0 aliphatic carbocycles. The summed E-state index contributed by atoms with van der Waals surface area (Å²) in [5.74, 6) is 0.651. The number of halogens is 1. The van der Waals surface area contributed by atoms with Crippen molar-refractivity contribution in [3.63, 3.8) is 0 Å². The highest BCUT2D eigenvalue weighted by Crippen LogP contribution is 2.29. The number of aromatic nitrogens is 1. The number of aliphatic hydroxyl groups is 1. The van der Waals surface area contributed by atoms with Crippen LogP contribution in [0.1, 0.15) is 5.69 Å². The molecule has 0 saturated carbocycles. The molecule has 2 aromatic carbocycles. The van der Waals surface area contributed by atoms with Crippen molar-refractivity contribution in [2.45, 2.75) is 6.23 Å². The predicted octanol–water partition coefficient (Wildman–Crippen LogP) is 3.40. The first-order chi connectivity index (χ1) is 12.7. The summed E-state index contributed by atoms with van der Waals surface area (Å²) < 4.78 is 0. The molecule has 26 heavy (non-hydrogen) atoms. The van der Waals surface area contributed by atoms with Crippen molar-refractivity contribution in [3.05, 3.63) is 65.3 Å². The third-order valence-electron chi connectivity index (χ3n) is 4.63. The third kappa shape index (κ3) is 3.05. The Bertz CT molecular complexity index is 1000. The van der Waals surface area contributed by atoms with Crippen LogP contribution in [-0.2, 0) is 0 Å². The Morgan fingerprint density at radius 2 is 1.96 bits per heavy atom. The van der Waals surface area contributed by atoms with E-state index in [-0.39, 0.29) is 0 Å². The second-order valence-corrected chi connectivity index (χ2v) is 6.70. The average Bonchev–Trinajstić information content (AvgIpc) is 2.67. The van der Waals surface area contributed by atoms with Crippen molar-refractivity contribution in [1.82, 2.24) is 4.98 Å². The summed E-state index contributed by atoms with van der Waals surface area (Å²) in [6.07, 6.45) is -0.729. The summed E-state index contributed by atoms with van der Waals surface area (Å²) in [5, 5.41) is 22.6.